The summed E-state index contributed by atoms with van der Waals surface area (Å²) in [5.41, 5.74) is -0.409. The van der Waals surface area contributed by atoms with Crippen molar-refractivity contribution in [2.24, 2.45) is 5.92 Å². The molecule has 3 N–H and O–H groups in total. The number of aromatic hydroxyl groups is 1. The SMILES string of the molecule is CCCC(C)NC(=O)C(c1cccc(O)c1)N(CC#N)C(=O)C(NC(=O)OC(C)(C)C)C(C)CC. The third kappa shape index (κ3) is 9.47. The summed E-state index contributed by atoms with van der Waals surface area (Å²) in [6.07, 6.45) is 1.39. The number of phenols is 1. The fourth-order valence-electron chi connectivity index (χ4n) is 3.66. The van der Waals surface area contributed by atoms with E-state index in [0.717, 1.165) is 17.7 Å². The fraction of sp³-hybridized carbons (Fsp3) is 0.615. The van der Waals surface area contributed by atoms with Crippen molar-refractivity contribution < 1.29 is 24.2 Å². The number of nitrogens with zero attached hydrogens (tertiary/aromatic N) is 2. The van der Waals surface area contributed by atoms with Crippen molar-refractivity contribution in [1.29, 1.82) is 5.26 Å². The first-order valence-corrected chi connectivity index (χ1v) is 12.1. The van der Waals surface area contributed by atoms with Gasteiger partial charge in [-0.3, -0.25) is 9.59 Å². The molecule has 0 radical (unpaired) electrons. The topological polar surface area (TPSA) is 132 Å². The molecule has 0 heterocycles. The molecule has 0 spiro atoms. The van der Waals surface area contributed by atoms with Gasteiger partial charge in [-0.05, 0) is 57.7 Å². The molecule has 0 aromatic heterocycles. The number of hydrogen-bond donors (Lipinski definition) is 3. The quantitative estimate of drug-likeness (QED) is 0.403. The largest absolute Gasteiger partial charge is 0.508 e. The van der Waals surface area contributed by atoms with Gasteiger partial charge in [-0.1, -0.05) is 45.7 Å². The highest BCUT2D eigenvalue weighted by atomic mass is 16.6. The zero-order valence-electron chi connectivity index (χ0n) is 21.9. The van der Waals surface area contributed by atoms with Crippen molar-refractivity contribution in [3.8, 4) is 11.8 Å². The van der Waals surface area contributed by atoms with Crippen LogP contribution in [-0.2, 0) is 14.3 Å². The van der Waals surface area contributed by atoms with Crippen LogP contribution < -0.4 is 10.6 Å². The molecule has 3 amide bonds. The Morgan fingerprint density at radius 1 is 1.17 bits per heavy atom. The maximum absolute atomic E-state index is 13.8. The average Bonchev–Trinajstić information content (AvgIpc) is 2.75. The predicted octanol–water partition coefficient (Wildman–Crippen LogP) is 4.03. The van der Waals surface area contributed by atoms with Gasteiger partial charge in [-0.15, -0.1) is 0 Å². The Bertz CT molecular complexity index is 906. The smallest absolute Gasteiger partial charge is 0.408 e. The van der Waals surface area contributed by atoms with Crippen molar-refractivity contribution >= 4 is 17.9 Å². The van der Waals surface area contributed by atoms with Crippen LogP contribution in [0.4, 0.5) is 4.79 Å². The van der Waals surface area contributed by atoms with Crippen molar-refractivity contribution in [2.75, 3.05) is 6.54 Å². The number of hydrogen-bond acceptors (Lipinski definition) is 6. The minimum absolute atomic E-state index is 0.0726. The second-order valence-electron chi connectivity index (χ2n) is 9.83. The number of nitrogens with one attached hydrogen (secondary N) is 2. The summed E-state index contributed by atoms with van der Waals surface area (Å²) in [5, 5.41) is 25.2. The summed E-state index contributed by atoms with van der Waals surface area (Å²) < 4.78 is 5.34. The third-order valence-electron chi connectivity index (χ3n) is 5.53. The number of phenolic OH excluding ortho intramolecular Hbond substituents is 1. The van der Waals surface area contributed by atoms with Gasteiger partial charge in [-0.2, -0.15) is 5.26 Å². The average molecular weight is 489 g/mol. The molecule has 4 unspecified atom stereocenters. The van der Waals surface area contributed by atoms with E-state index in [1.54, 1.807) is 39.8 Å². The van der Waals surface area contributed by atoms with Crippen LogP contribution in [0.15, 0.2) is 24.3 Å². The molecule has 35 heavy (non-hydrogen) atoms. The summed E-state index contributed by atoms with van der Waals surface area (Å²) in [5.74, 6) is -1.43. The highest BCUT2D eigenvalue weighted by Gasteiger charge is 2.38. The Morgan fingerprint density at radius 2 is 1.83 bits per heavy atom. The molecule has 0 bridgehead atoms. The zero-order chi connectivity index (χ0) is 26.8. The Kier molecular flexibility index (Phi) is 11.5. The number of ether oxygens (including phenoxy) is 1. The zero-order valence-corrected chi connectivity index (χ0v) is 21.9. The van der Waals surface area contributed by atoms with Crippen molar-refractivity contribution in [1.82, 2.24) is 15.5 Å². The number of carbonyl (C=O) groups excluding carboxylic acids is 3. The molecule has 4 atom stereocenters. The van der Waals surface area contributed by atoms with Gasteiger partial charge in [0, 0.05) is 6.04 Å². The summed E-state index contributed by atoms with van der Waals surface area (Å²) in [6.45, 7) is 12.3. The number of rotatable bonds is 11. The lowest BCUT2D eigenvalue weighted by Gasteiger charge is -2.35. The molecule has 0 fully saturated rings. The molecule has 1 aromatic carbocycles. The fourth-order valence-corrected chi connectivity index (χ4v) is 3.66. The van der Waals surface area contributed by atoms with Gasteiger partial charge < -0.3 is 25.4 Å². The molecule has 1 rings (SSSR count). The van der Waals surface area contributed by atoms with Gasteiger partial charge in [0.05, 0.1) is 6.07 Å². The molecule has 0 aliphatic heterocycles. The molecular formula is C26H40N4O5. The van der Waals surface area contributed by atoms with Crippen LogP contribution in [0, 0.1) is 17.2 Å². The van der Waals surface area contributed by atoms with Crippen molar-refractivity contribution in [2.45, 2.75) is 91.5 Å². The Hall–Kier alpha value is -3.28. The molecule has 1 aromatic rings. The van der Waals surface area contributed by atoms with Crippen molar-refractivity contribution in [3.05, 3.63) is 29.8 Å². The van der Waals surface area contributed by atoms with Gasteiger partial charge in [0.1, 0.15) is 30.0 Å². The van der Waals surface area contributed by atoms with E-state index >= 15 is 0 Å². The third-order valence-corrected chi connectivity index (χ3v) is 5.53. The van der Waals surface area contributed by atoms with Crippen LogP contribution in [0.2, 0.25) is 0 Å². The Morgan fingerprint density at radius 3 is 2.34 bits per heavy atom. The van der Waals surface area contributed by atoms with E-state index in [-0.39, 0.29) is 17.7 Å². The molecule has 9 heteroatoms. The number of alkyl carbamates (subject to hydrolysis) is 1. The van der Waals surface area contributed by atoms with Crippen LogP contribution in [0.25, 0.3) is 0 Å². The Balaban J connectivity index is 3.47. The maximum atomic E-state index is 13.8. The first-order valence-electron chi connectivity index (χ1n) is 12.1. The van der Waals surface area contributed by atoms with Crippen LogP contribution in [0.3, 0.4) is 0 Å². The lowest BCUT2D eigenvalue weighted by molar-refractivity contribution is -0.143. The highest BCUT2D eigenvalue weighted by Crippen LogP contribution is 2.27. The molecule has 0 aliphatic rings. The summed E-state index contributed by atoms with van der Waals surface area (Å²) in [4.78, 5) is 40.9. The van der Waals surface area contributed by atoms with E-state index in [9.17, 15) is 24.8 Å². The van der Waals surface area contributed by atoms with Crippen LogP contribution in [-0.4, -0.2) is 52.1 Å². The van der Waals surface area contributed by atoms with E-state index in [2.05, 4.69) is 10.6 Å². The molecule has 0 saturated carbocycles. The minimum atomic E-state index is -1.18. The Labute approximate surface area is 208 Å². The van der Waals surface area contributed by atoms with Gasteiger partial charge in [0.25, 0.3) is 0 Å². The van der Waals surface area contributed by atoms with Gasteiger partial charge in [0.2, 0.25) is 11.8 Å². The monoisotopic (exact) mass is 488 g/mol. The number of benzene rings is 1. The number of nitriles is 1. The summed E-state index contributed by atoms with van der Waals surface area (Å²) in [6, 6.07) is 5.65. The van der Waals surface area contributed by atoms with Gasteiger partial charge in [0.15, 0.2) is 0 Å². The van der Waals surface area contributed by atoms with Crippen LogP contribution in [0.1, 0.15) is 79.3 Å². The van der Waals surface area contributed by atoms with E-state index in [1.807, 2.05) is 26.8 Å². The highest BCUT2D eigenvalue weighted by molar-refractivity contribution is 5.92. The summed E-state index contributed by atoms with van der Waals surface area (Å²) >= 11 is 0. The molecular weight excluding hydrogens is 448 g/mol. The predicted molar refractivity (Wildman–Crippen MR) is 133 cm³/mol. The second-order valence-corrected chi connectivity index (χ2v) is 9.83. The standard InChI is InChI=1S/C26H40N4O5/c1-8-11-18(4)28-23(32)22(19-12-10-13-20(31)16-19)30(15-14-27)24(33)21(17(3)9-2)29-25(34)35-26(5,6)7/h10,12-13,16-18,21-22,31H,8-9,11,15H2,1-7H3,(H,28,32)(H,29,34). The second kappa shape index (κ2) is 13.6. The minimum Gasteiger partial charge on any atom is -0.508 e. The normalized spacial score (nSPS) is 14.6. The van der Waals surface area contributed by atoms with Crippen LogP contribution in [0.5, 0.6) is 5.75 Å². The lowest BCUT2D eigenvalue weighted by atomic mass is 9.95. The first kappa shape index (κ1) is 29.8. The van der Waals surface area contributed by atoms with Gasteiger partial charge in [-0.25, -0.2) is 4.79 Å². The first-order chi connectivity index (χ1) is 16.3. The molecule has 0 saturated heterocycles. The van der Waals surface area contributed by atoms with E-state index in [1.165, 1.54) is 12.1 Å². The van der Waals surface area contributed by atoms with E-state index in [4.69, 9.17) is 4.74 Å². The molecule has 194 valence electrons. The molecule has 0 aliphatic carbocycles. The summed E-state index contributed by atoms with van der Waals surface area (Å²) in [7, 11) is 0. The van der Waals surface area contributed by atoms with Gasteiger partial charge >= 0.3 is 6.09 Å². The van der Waals surface area contributed by atoms with E-state index < -0.39 is 42.1 Å². The molecule has 9 nitrogen and oxygen atoms in total. The van der Waals surface area contributed by atoms with Crippen molar-refractivity contribution in [3.63, 3.8) is 0 Å². The lowest BCUT2D eigenvalue weighted by Crippen LogP contribution is -2.55. The van der Waals surface area contributed by atoms with Crippen LogP contribution >= 0.6 is 0 Å². The van der Waals surface area contributed by atoms with E-state index in [0.29, 0.717) is 12.0 Å². The maximum Gasteiger partial charge on any atom is 0.408 e. The number of carbonyl (C=O) groups is 3. The number of amides is 3.